The molecule has 0 aromatic heterocycles. The van der Waals surface area contributed by atoms with Crippen LogP contribution in [0.3, 0.4) is 0 Å². The van der Waals surface area contributed by atoms with Gasteiger partial charge in [0.25, 0.3) is 11.4 Å². The van der Waals surface area contributed by atoms with E-state index in [9.17, 15) is 24.8 Å². The van der Waals surface area contributed by atoms with Crippen LogP contribution in [0.25, 0.3) is 22.3 Å². The summed E-state index contributed by atoms with van der Waals surface area (Å²) in [6.07, 6.45) is 0. The van der Waals surface area contributed by atoms with Crippen molar-refractivity contribution < 1.29 is 14.4 Å². The van der Waals surface area contributed by atoms with Gasteiger partial charge in [-0.05, 0) is 35.4 Å². The summed E-state index contributed by atoms with van der Waals surface area (Å²) in [6, 6.07) is 17.4. The summed E-state index contributed by atoms with van der Waals surface area (Å²) in [5, 5.41) is 24.1. The van der Waals surface area contributed by atoms with Gasteiger partial charge in [-0.3, -0.25) is 20.2 Å². The Morgan fingerprint density at radius 1 is 0.583 bits per heavy atom. The second-order valence-electron chi connectivity index (χ2n) is 7.41. The van der Waals surface area contributed by atoms with Crippen molar-refractivity contribution in [1.82, 2.24) is 0 Å². The quantitative estimate of drug-likeness (QED) is 0.128. The van der Waals surface area contributed by atoms with Crippen LogP contribution in [0.2, 0.25) is 20.1 Å². The van der Waals surface area contributed by atoms with E-state index in [4.69, 9.17) is 46.4 Å². The summed E-state index contributed by atoms with van der Waals surface area (Å²) in [7, 11) is 0. The number of rotatable bonds is 6. The maximum atomic E-state index is 13.8. The lowest BCUT2D eigenvalue weighted by Gasteiger charge is -2.16. The number of nitrogens with zero attached hydrogens (tertiary/aromatic N) is 2. The molecule has 0 bridgehead atoms. The van der Waals surface area contributed by atoms with Gasteiger partial charge in [-0.2, -0.15) is 0 Å². The van der Waals surface area contributed by atoms with Gasteiger partial charge in [0.2, 0.25) is 0 Å². The molecule has 4 rings (SSSR count). The molecule has 7 nitrogen and oxygen atoms in total. The van der Waals surface area contributed by atoms with E-state index in [-0.39, 0.29) is 42.3 Å². The summed E-state index contributed by atoms with van der Waals surface area (Å²) in [4.78, 5) is 21.8. The molecule has 0 aliphatic carbocycles. The predicted octanol–water partition coefficient (Wildman–Crippen LogP) is 8.62. The van der Waals surface area contributed by atoms with E-state index in [1.165, 1.54) is 12.1 Å². The molecule has 0 amide bonds. The average Bonchev–Trinajstić information content (AvgIpc) is 2.85. The van der Waals surface area contributed by atoms with Crippen LogP contribution in [0, 0.1) is 20.2 Å². The summed E-state index contributed by atoms with van der Waals surface area (Å²) < 4.78 is 13.8. The van der Waals surface area contributed by atoms with Crippen molar-refractivity contribution in [1.29, 1.82) is 0 Å². The Morgan fingerprint density at radius 3 is 1.22 bits per heavy atom. The van der Waals surface area contributed by atoms with Gasteiger partial charge in [-0.1, -0.05) is 70.7 Å². The van der Waals surface area contributed by atoms with Gasteiger partial charge < -0.3 is 4.55 Å². The highest BCUT2D eigenvalue weighted by Gasteiger charge is 2.31. The Hall–Kier alpha value is -2.85. The predicted molar refractivity (Wildman–Crippen MR) is 142 cm³/mol. The lowest BCUT2D eigenvalue weighted by molar-refractivity contribution is -0.385. The Kier molecular flexibility index (Phi) is 7.75. The maximum absolute atomic E-state index is 13.8. The largest absolute Gasteiger partial charge is 0.606 e. The molecule has 182 valence electrons. The molecule has 0 heterocycles. The fourth-order valence-electron chi connectivity index (χ4n) is 3.44. The van der Waals surface area contributed by atoms with Crippen molar-refractivity contribution in [2.75, 3.05) is 0 Å². The highest BCUT2D eigenvalue weighted by atomic mass is 35.5. The van der Waals surface area contributed by atoms with Crippen LogP contribution in [0.1, 0.15) is 0 Å². The lowest BCUT2D eigenvalue weighted by atomic mass is 10.0. The number of non-ortho nitro benzene ring substituents is 2. The monoisotopic (exact) mass is 580 g/mol. The second-order valence-corrected chi connectivity index (χ2v) is 10.5. The van der Waals surface area contributed by atoms with E-state index in [1.54, 1.807) is 48.5 Å². The summed E-state index contributed by atoms with van der Waals surface area (Å²) in [5.74, 6) is 0. The summed E-state index contributed by atoms with van der Waals surface area (Å²) >= 11 is 22.9. The Morgan fingerprint density at radius 2 is 0.917 bits per heavy atom. The van der Waals surface area contributed by atoms with Gasteiger partial charge in [0.1, 0.15) is 10.0 Å². The number of halogens is 4. The van der Waals surface area contributed by atoms with E-state index in [2.05, 4.69) is 0 Å². The summed E-state index contributed by atoms with van der Waals surface area (Å²) in [5.41, 5.74) is 0.742. The molecule has 0 saturated carbocycles. The highest BCUT2D eigenvalue weighted by Crippen LogP contribution is 2.44. The molecule has 4 aromatic carbocycles. The van der Waals surface area contributed by atoms with Crippen molar-refractivity contribution in [3.63, 3.8) is 0 Å². The van der Waals surface area contributed by atoms with Crippen LogP contribution in [0.4, 0.5) is 11.4 Å². The third kappa shape index (κ3) is 5.29. The number of nitro benzene ring substituents is 2. The third-order valence-corrected chi connectivity index (χ3v) is 8.16. The number of hydrogen-bond donors (Lipinski definition) is 0. The van der Waals surface area contributed by atoms with Crippen LogP contribution >= 0.6 is 46.4 Å². The van der Waals surface area contributed by atoms with Gasteiger partial charge in [0.15, 0.2) is 9.79 Å². The molecule has 4 aromatic rings. The average molecular weight is 582 g/mol. The van der Waals surface area contributed by atoms with Crippen LogP contribution in [-0.2, 0) is 11.2 Å². The molecule has 0 radical (unpaired) electrons. The van der Waals surface area contributed by atoms with Crippen LogP contribution in [0.5, 0.6) is 0 Å². The second kappa shape index (κ2) is 10.6. The van der Waals surface area contributed by atoms with Crippen LogP contribution in [-0.4, -0.2) is 14.4 Å². The number of nitro groups is 2. The molecule has 0 aliphatic rings. The normalized spacial score (nSPS) is 11.1. The molecule has 0 aliphatic heterocycles. The number of hydrogen-bond acceptors (Lipinski definition) is 5. The smallest absolute Gasteiger partial charge is 0.275 e. The van der Waals surface area contributed by atoms with Crippen molar-refractivity contribution in [2.45, 2.75) is 9.79 Å². The van der Waals surface area contributed by atoms with Crippen molar-refractivity contribution in [2.24, 2.45) is 0 Å². The standard InChI is InChI=1S/C24H12Cl4N2O5S/c25-15-5-1-13(2-6-15)19-9-17(29(31)32)11-21(23(19)27)36(35)22-12-18(30(33)34)10-20(24(22)28)14-3-7-16(26)8-4-14/h1-12H. The minimum absolute atomic E-state index is 0.0307. The molecule has 0 unspecified atom stereocenters. The SMILES string of the molecule is O=[N+]([O-])c1cc(-c2ccc(Cl)cc2)c(Cl)c([S+]([O-])c2cc([N+](=O)[O-])cc(-c3ccc(Cl)cc3)c2Cl)c1. The molecule has 12 heteroatoms. The van der Waals surface area contributed by atoms with E-state index in [0.717, 1.165) is 12.1 Å². The zero-order chi connectivity index (χ0) is 26.1. The van der Waals surface area contributed by atoms with E-state index in [0.29, 0.717) is 21.2 Å². The minimum Gasteiger partial charge on any atom is -0.606 e. The van der Waals surface area contributed by atoms with E-state index < -0.39 is 21.0 Å². The first-order chi connectivity index (χ1) is 17.1. The van der Waals surface area contributed by atoms with Gasteiger partial charge in [-0.15, -0.1) is 0 Å². The minimum atomic E-state index is -2.23. The van der Waals surface area contributed by atoms with Crippen molar-refractivity contribution in [3.8, 4) is 22.3 Å². The zero-order valence-corrected chi connectivity index (χ0v) is 21.6. The third-order valence-electron chi connectivity index (χ3n) is 5.18. The Labute approximate surface area is 227 Å². The first kappa shape index (κ1) is 26.2. The van der Waals surface area contributed by atoms with Crippen molar-refractivity contribution >= 4 is 69.0 Å². The summed E-state index contributed by atoms with van der Waals surface area (Å²) in [6.45, 7) is 0. The fraction of sp³-hybridized carbons (Fsp3) is 0. The topological polar surface area (TPSA) is 109 Å². The van der Waals surface area contributed by atoms with Gasteiger partial charge in [-0.25, -0.2) is 0 Å². The molecule has 0 N–H and O–H groups in total. The lowest BCUT2D eigenvalue weighted by Crippen LogP contribution is -2.07. The molecule has 0 saturated heterocycles. The maximum Gasteiger partial charge on any atom is 0.275 e. The van der Waals surface area contributed by atoms with E-state index in [1.807, 2.05) is 0 Å². The molecular formula is C24H12Cl4N2O5S. The van der Waals surface area contributed by atoms with Crippen molar-refractivity contribution in [3.05, 3.63) is 113 Å². The van der Waals surface area contributed by atoms with Gasteiger partial charge in [0.05, 0.1) is 22.0 Å². The van der Waals surface area contributed by atoms with Gasteiger partial charge >= 0.3 is 0 Å². The van der Waals surface area contributed by atoms with Crippen LogP contribution in [0.15, 0.2) is 82.6 Å². The first-order valence-electron chi connectivity index (χ1n) is 9.96. The zero-order valence-electron chi connectivity index (χ0n) is 17.8. The van der Waals surface area contributed by atoms with E-state index >= 15 is 0 Å². The van der Waals surface area contributed by atoms with Crippen LogP contribution < -0.4 is 0 Å². The molecule has 0 fully saturated rings. The van der Waals surface area contributed by atoms with Gasteiger partial charge in [0, 0.05) is 44.5 Å². The molecule has 0 spiro atoms. The highest BCUT2D eigenvalue weighted by molar-refractivity contribution is 7.91. The molecular weight excluding hydrogens is 570 g/mol. The first-order valence-corrected chi connectivity index (χ1v) is 12.6. The Balaban J connectivity index is 1.94. The molecule has 36 heavy (non-hydrogen) atoms. The number of benzene rings is 4. The Bertz CT molecular complexity index is 1390. The fourth-order valence-corrected chi connectivity index (χ4v) is 5.79. The molecule has 0 atom stereocenters.